The molecule has 0 radical (unpaired) electrons. The summed E-state index contributed by atoms with van der Waals surface area (Å²) in [6.07, 6.45) is 13.0. The zero-order valence-corrected chi connectivity index (χ0v) is 12.6. The third-order valence-corrected chi connectivity index (χ3v) is 1.77. The number of hydrogen-bond donors (Lipinski definition) is 0. The topological polar surface area (TPSA) is 0 Å². The molecule has 0 saturated carbocycles. The summed E-state index contributed by atoms with van der Waals surface area (Å²) in [6, 6.07) is 0. The summed E-state index contributed by atoms with van der Waals surface area (Å²) in [4.78, 5) is 0. The van der Waals surface area contributed by atoms with Crippen LogP contribution in [0.15, 0.2) is 60.8 Å². The minimum atomic E-state index is 1.13. The minimum Gasteiger partial charge on any atom is -0.0991 e. The SMILES string of the molecule is C/C=C(C)\C=C/CC.C=C/C=C(/C)C=C.CC. The van der Waals surface area contributed by atoms with Gasteiger partial charge in [-0.3, -0.25) is 0 Å². The second-order valence-corrected chi connectivity index (χ2v) is 3.19. The van der Waals surface area contributed by atoms with Crippen LogP contribution in [-0.4, -0.2) is 0 Å². The quantitative estimate of drug-likeness (QED) is 0.504. The minimum absolute atomic E-state index is 1.13. The van der Waals surface area contributed by atoms with E-state index in [0.29, 0.717) is 0 Å². The number of hydrogen-bond acceptors (Lipinski definition) is 0. The standard InChI is InChI=1S/C8H14.C7H10.C2H6/c1-4-6-7-8(3)5-2;1-4-6-7(3)5-2;1-2/h5-7H,4H2,1-3H3;4-6H,1-2H2,3H3;1-2H3/b7-6-,8-5-;7-6-;. The molecule has 0 rings (SSSR count). The fraction of sp³-hybridized carbons (Fsp3) is 0.412. The molecule has 17 heavy (non-hydrogen) atoms. The van der Waals surface area contributed by atoms with E-state index in [1.807, 2.05) is 26.8 Å². The third-order valence-electron chi connectivity index (χ3n) is 1.77. The molecule has 0 saturated heterocycles. The van der Waals surface area contributed by atoms with Gasteiger partial charge in [-0.15, -0.1) is 0 Å². The van der Waals surface area contributed by atoms with Crippen LogP contribution in [0.1, 0.15) is 48.0 Å². The Balaban J connectivity index is -0.000000202. The lowest BCUT2D eigenvalue weighted by Crippen LogP contribution is -1.62. The Morgan fingerprint density at radius 1 is 1.06 bits per heavy atom. The molecule has 0 N–H and O–H groups in total. The van der Waals surface area contributed by atoms with Crippen LogP contribution in [-0.2, 0) is 0 Å². The van der Waals surface area contributed by atoms with E-state index >= 15 is 0 Å². The molecule has 0 heterocycles. The summed E-state index contributed by atoms with van der Waals surface area (Å²) in [5.74, 6) is 0. The highest BCUT2D eigenvalue weighted by molar-refractivity contribution is 5.17. The van der Waals surface area contributed by atoms with Crippen molar-refractivity contribution in [1.82, 2.24) is 0 Å². The smallest absolute Gasteiger partial charge is 0.0376 e. The van der Waals surface area contributed by atoms with E-state index in [2.05, 4.69) is 52.2 Å². The van der Waals surface area contributed by atoms with Gasteiger partial charge in [0.2, 0.25) is 0 Å². The molecule has 0 heteroatoms. The van der Waals surface area contributed by atoms with Gasteiger partial charge in [0.25, 0.3) is 0 Å². The van der Waals surface area contributed by atoms with Crippen LogP contribution in [0.2, 0.25) is 0 Å². The Morgan fingerprint density at radius 2 is 1.59 bits per heavy atom. The maximum Gasteiger partial charge on any atom is -0.0376 e. The molecule has 0 spiro atoms. The van der Waals surface area contributed by atoms with Crippen molar-refractivity contribution in [2.75, 3.05) is 0 Å². The largest absolute Gasteiger partial charge is 0.0991 e. The van der Waals surface area contributed by atoms with Crippen molar-refractivity contribution in [1.29, 1.82) is 0 Å². The second-order valence-electron chi connectivity index (χ2n) is 3.19. The maximum atomic E-state index is 3.56. The van der Waals surface area contributed by atoms with Gasteiger partial charge in [-0.1, -0.05) is 81.5 Å². The van der Waals surface area contributed by atoms with Crippen molar-refractivity contribution in [3.8, 4) is 0 Å². The second kappa shape index (κ2) is 20.2. The molecule has 98 valence electrons. The lowest BCUT2D eigenvalue weighted by Gasteiger charge is -1.84. The fourth-order valence-electron chi connectivity index (χ4n) is 0.654. The van der Waals surface area contributed by atoms with Crippen molar-refractivity contribution in [2.45, 2.75) is 48.0 Å². The van der Waals surface area contributed by atoms with Crippen molar-refractivity contribution in [3.63, 3.8) is 0 Å². The Labute approximate surface area is 109 Å². The molecule has 0 aliphatic heterocycles. The molecule has 0 fully saturated rings. The van der Waals surface area contributed by atoms with E-state index in [4.69, 9.17) is 0 Å². The molecule has 0 aliphatic rings. The highest BCUT2D eigenvalue weighted by Crippen LogP contribution is 1.93. The molecule has 0 aliphatic carbocycles. The Bertz CT molecular complexity index is 249. The highest BCUT2D eigenvalue weighted by Gasteiger charge is 1.72. The van der Waals surface area contributed by atoms with Crippen LogP contribution in [0.5, 0.6) is 0 Å². The number of rotatable bonds is 4. The molecule has 0 atom stereocenters. The van der Waals surface area contributed by atoms with Gasteiger partial charge in [-0.25, -0.2) is 0 Å². The zero-order valence-electron chi connectivity index (χ0n) is 12.6. The molecular weight excluding hydrogens is 204 g/mol. The molecular formula is C17H30. The average molecular weight is 234 g/mol. The fourth-order valence-corrected chi connectivity index (χ4v) is 0.654. The summed E-state index contributed by atoms with van der Waals surface area (Å²) in [7, 11) is 0. The molecule has 0 aromatic heterocycles. The van der Waals surface area contributed by atoms with Gasteiger partial charge >= 0.3 is 0 Å². The van der Waals surface area contributed by atoms with Gasteiger partial charge in [0, 0.05) is 0 Å². The van der Waals surface area contributed by atoms with Crippen molar-refractivity contribution >= 4 is 0 Å². The summed E-state index contributed by atoms with van der Waals surface area (Å²) in [6.45, 7) is 19.4. The third kappa shape index (κ3) is 25.2. The lowest BCUT2D eigenvalue weighted by atomic mass is 10.2. The average Bonchev–Trinajstić information content (AvgIpc) is 2.39. The normalized spacial score (nSPS) is 10.9. The molecule has 0 aromatic rings. The van der Waals surface area contributed by atoms with Gasteiger partial charge in [-0.05, 0) is 27.2 Å². The Morgan fingerprint density at radius 3 is 1.82 bits per heavy atom. The molecule has 0 unspecified atom stereocenters. The van der Waals surface area contributed by atoms with E-state index in [9.17, 15) is 0 Å². The van der Waals surface area contributed by atoms with E-state index in [1.165, 1.54) is 5.57 Å². The highest BCUT2D eigenvalue weighted by atomic mass is 13.8. The van der Waals surface area contributed by atoms with Crippen LogP contribution in [0.3, 0.4) is 0 Å². The number of allylic oxidation sites excluding steroid dienone is 8. The first-order chi connectivity index (χ1) is 8.12. The predicted molar refractivity (Wildman–Crippen MR) is 84.4 cm³/mol. The van der Waals surface area contributed by atoms with Gasteiger partial charge in [-0.2, -0.15) is 0 Å². The first-order valence-electron chi connectivity index (χ1n) is 6.33. The van der Waals surface area contributed by atoms with Crippen LogP contribution >= 0.6 is 0 Å². The monoisotopic (exact) mass is 234 g/mol. The van der Waals surface area contributed by atoms with E-state index in [1.54, 1.807) is 12.2 Å². The summed E-state index contributed by atoms with van der Waals surface area (Å²) in [5, 5.41) is 0. The van der Waals surface area contributed by atoms with Crippen LogP contribution in [0.25, 0.3) is 0 Å². The first-order valence-corrected chi connectivity index (χ1v) is 6.33. The molecule has 0 nitrogen and oxygen atoms in total. The van der Waals surface area contributed by atoms with Crippen LogP contribution < -0.4 is 0 Å². The van der Waals surface area contributed by atoms with Crippen molar-refractivity contribution in [2.24, 2.45) is 0 Å². The van der Waals surface area contributed by atoms with E-state index < -0.39 is 0 Å². The maximum absolute atomic E-state index is 3.56. The van der Waals surface area contributed by atoms with Crippen molar-refractivity contribution < 1.29 is 0 Å². The summed E-state index contributed by atoms with van der Waals surface area (Å²) < 4.78 is 0. The van der Waals surface area contributed by atoms with Crippen molar-refractivity contribution in [3.05, 3.63) is 60.8 Å². The van der Waals surface area contributed by atoms with Gasteiger partial charge in [0.05, 0.1) is 0 Å². The van der Waals surface area contributed by atoms with E-state index in [-0.39, 0.29) is 0 Å². The lowest BCUT2D eigenvalue weighted by molar-refractivity contribution is 1.22. The Kier molecular flexibility index (Phi) is 24.9. The molecule has 0 bridgehead atoms. The Hall–Kier alpha value is -1.30. The summed E-state index contributed by atoms with van der Waals surface area (Å²) >= 11 is 0. The van der Waals surface area contributed by atoms with Crippen LogP contribution in [0.4, 0.5) is 0 Å². The zero-order chi connectivity index (χ0) is 14.1. The molecule has 0 aromatic carbocycles. The van der Waals surface area contributed by atoms with E-state index in [0.717, 1.165) is 12.0 Å². The van der Waals surface area contributed by atoms with Gasteiger partial charge in [0.15, 0.2) is 0 Å². The predicted octanol–water partition coefficient (Wildman–Crippen LogP) is 6.25. The van der Waals surface area contributed by atoms with Gasteiger partial charge in [0.1, 0.15) is 0 Å². The molecule has 0 amide bonds. The summed E-state index contributed by atoms with van der Waals surface area (Å²) in [5.41, 5.74) is 2.49. The van der Waals surface area contributed by atoms with Gasteiger partial charge < -0.3 is 0 Å². The van der Waals surface area contributed by atoms with Crippen LogP contribution in [0, 0.1) is 0 Å². The first kappa shape index (κ1) is 21.0.